The maximum Gasteiger partial charge on any atom is 0.472 e. The molecule has 0 heterocycles. The highest BCUT2D eigenvalue weighted by Crippen LogP contribution is 2.43. The number of likely N-dealkylation sites (N-methyl/N-ethyl adjacent to an activating group) is 1. The van der Waals surface area contributed by atoms with E-state index < -0.39 is 25.9 Å². The smallest absolute Gasteiger partial charge is 0.456 e. The first kappa shape index (κ1) is 67.7. The van der Waals surface area contributed by atoms with Crippen LogP contribution in [0.1, 0.15) is 213 Å². The van der Waals surface area contributed by atoms with Gasteiger partial charge in [0.2, 0.25) is 5.91 Å². The van der Waals surface area contributed by atoms with Gasteiger partial charge >= 0.3 is 13.8 Å². The van der Waals surface area contributed by atoms with Gasteiger partial charge in [0.15, 0.2) is 0 Å². The second kappa shape index (κ2) is 50.2. The van der Waals surface area contributed by atoms with Gasteiger partial charge in [0.05, 0.1) is 33.8 Å². The van der Waals surface area contributed by atoms with Gasteiger partial charge < -0.3 is 19.4 Å². The Morgan fingerprint density at radius 2 is 0.915 bits per heavy atom. The fourth-order valence-corrected chi connectivity index (χ4v) is 8.08. The van der Waals surface area contributed by atoms with Crippen LogP contribution in [-0.2, 0) is 27.9 Å². The minimum absolute atomic E-state index is 0.0184. The Labute approximate surface area is 436 Å². The van der Waals surface area contributed by atoms with Gasteiger partial charge in [0.1, 0.15) is 19.3 Å². The van der Waals surface area contributed by atoms with E-state index in [9.17, 15) is 19.0 Å². The summed E-state index contributed by atoms with van der Waals surface area (Å²) in [6.07, 6.45) is 68.2. The van der Waals surface area contributed by atoms with Gasteiger partial charge in [0, 0.05) is 12.8 Å². The number of unbranched alkanes of at least 4 members (excludes halogenated alkanes) is 17. The van der Waals surface area contributed by atoms with Gasteiger partial charge in [-0.15, -0.1) is 0 Å². The third-order valence-electron chi connectivity index (χ3n) is 11.7. The Hall–Kier alpha value is -3.33. The highest BCUT2D eigenvalue weighted by atomic mass is 31.2. The normalized spacial score (nSPS) is 14.6. The van der Waals surface area contributed by atoms with Crippen LogP contribution in [-0.4, -0.2) is 74.3 Å². The maximum absolute atomic E-state index is 13.5. The summed E-state index contributed by atoms with van der Waals surface area (Å²) < 4.78 is 30.5. The number of amides is 1. The molecule has 0 aliphatic heterocycles. The molecule has 0 saturated carbocycles. The van der Waals surface area contributed by atoms with E-state index in [-0.39, 0.29) is 32.0 Å². The predicted molar refractivity (Wildman–Crippen MR) is 304 cm³/mol. The third kappa shape index (κ3) is 51.4. The SMILES string of the molecule is CC/C=C\C/C=C\C/C=C\C/C=C\C/C=C\C/C=C\CCCCC(=O)NC(COP(=O)(O)OCC[N+](C)(C)C)C(/C=C\CCCCCCCCCCC)OC(=O)CC/C=C/C/C=C\CCCCCCCC. The second-order valence-electron chi connectivity index (χ2n) is 19.7. The number of nitrogens with zero attached hydrogens (tertiary/aromatic N) is 1. The number of allylic oxidation sites excluding steroid dienone is 17. The van der Waals surface area contributed by atoms with Crippen molar-refractivity contribution >= 4 is 19.7 Å². The Morgan fingerprint density at radius 1 is 0.507 bits per heavy atom. The van der Waals surface area contributed by atoms with E-state index >= 15 is 0 Å². The van der Waals surface area contributed by atoms with Crippen LogP contribution in [0.4, 0.5) is 0 Å². The Balaban J connectivity index is 5.45. The minimum atomic E-state index is -4.47. The lowest BCUT2D eigenvalue weighted by Crippen LogP contribution is -2.47. The summed E-state index contributed by atoms with van der Waals surface area (Å²) in [4.78, 5) is 37.5. The van der Waals surface area contributed by atoms with E-state index in [1.54, 1.807) is 0 Å². The van der Waals surface area contributed by atoms with Crippen LogP contribution in [0.3, 0.4) is 0 Å². The van der Waals surface area contributed by atoms with Crippen LogP contribution < -0.4 is 5.32 Å². The number of esters is 1. The van der Waals surface area contributed by atoms with Crippen LogP contribution in [0.15, 0.2) is 109 Å². The number of hydrogen-bond acceptors (Lipinski definition) is 6. The summed E-state index contributed by atoms with van der Waals surface area (Å²) in [7, 11) is 1.42. The summed E-state index contributed by atoms with van der Waals surface area (Å²) in [5.74, 6) is -0.645. The third-order valence-corrected chi connectivity index (χ3v) is 12.7. The molecule has 0 aromatic carbocycles. The molecule has 0 aromatic heterocycles. The average molecular weight is 1010 g/mol. The Kier molecular flexibility index (Phi) is 47.9. The zero-order valence-corrected chi connectivity index (χ0v) is 47.1. The van der Waals surface area contributed by atoms with Crippen LogP contribution >= 0.6 is 7.82 Å². The topological polar surface area (TPSA) is 111 Å². The van der Waals surface area contributed by atoms with E-state index in [4.69, 9.17) is 13.8 Å². The summed E-state index contributed by atoms with van der Waals surface area (Å²) in [5, 5.41) is 3.00. The van der Waals surface area contributed by atoms with Crippen LogP contribution in [0.5, 0.6) is 0 Å². The molecule has 406 valence electrons. The van der Waals surface area contributed by atoms with Crippen molar-refractivity contribution in [3.63, 3.8) is 0 Å². The van der Waals surface area contributed by atoms with E-state index in [2.05, 4.69) is 117 Å². The largest absolute Gasteiger partial charge is 0.472 e. The minimum Gasteiger partial charge on any atom is -0.456 e. The molecule has 71 heavy (non-hydrogen) atoms. The van der Waals surface area contributed by atoms with Crippen molar-refractivity contribution < 1.29 is 37.3 Å². The summed E-state index contributed by atoms with van der Waals surface area (Å²) in [5.41, 5.74) is 0. The van der Waals surface area contributed by atoms with Gasteiger partial charge in [-0.1, -0.05) is 208 Å². The highest BCUT2D eigenvalue weighted by Gasteiger charge is 2.30. The van der Waals surface area contributed by atoms with Crippen molar-refractivity contribution in [3.8, 4) is 0 Å². The summed E-state index contributed by atoms with van der Waals surface area (Å²) in [6.45, 7) is 6.78. The monoisotopic (exact) mass is 1010 g/mol. The van der Waals surface area contributed by atoms with Crippen LogP contribution in [0.25, 0.3) is 0 Å². The summed E-state index contributed by atoms with van der Waals surface area (Å²) in [6, 6.07) is -0.899. The Morgan fingerprint density at radius 3 is 1.38 bits per heavy atom. The number of nitrogens with one attached hydrogen (secondary N) is 1. The maximum atomic E-state index is 13.5. The van der Waals surface area contributed by atoms with Gasteiger partial charge in [-0.3, -0.25) is 18.6 Å². The molecule has 3 atom stereocenters. The summed E-state index contributed by atoms with van der Waals surface area (Å²) >= 11 is 0. The lowest BCUT2D eigenvalue weighted by Gasteiger charge is -2.27. The molecule has 3 unspecified atom stereocenters. The van der Waals surface area contributed by atoms with Crippen LogP contribution in [0, 0.1) is 0 Å². The number of hydrogen-bond donors (Lipinski definition) is 2. The molecular formula is C61H106N2O7P+. The lowest BCUT2D eigenvalue weighted by molar-refractivity contribution is -0.870. The molecule has 1 amide bonds. The number of phosphoric ester groups is 1. The van der Waals surface area contributed by atoms with Crippen molar-refractivity contribution in [1.82, 2.24) is 5.32 Å². The molecule has 0 radical (unpaired) electrons. The number of quaternary nitrogens is 1. The van der Waals surface area contributed by atoms with Gasteiger partial charge in [-0.25, -0.2) is 4.57 Å². The van der Waals surface area contributed by atoms with Crippen molar-refractivity contribution in [2.75, 3.05) is 40.9 Å². The number of carbonyl (C=O) groups excluding carboxylic acids is 2. The predicted octanol–water partition coefficient (Wildman–Crippen LogP) is 17.0. The molecule has 0 aliphatic rings. The molecule has 0 aliphatic carbocycles. The van der Waals surface area contributed by atoms with E-state index in [0.29, 0.717) is 23.9 Å². The average Bonchev–Trinajstić information content (AvgIpc) is 3.33. The lowest BCUT2D eigenvalue weighted by atomic mass is 10.1. The molecule has 0 saturated heterocycles. The van der Waals surface area contributed by atoms with Gasteiger partial charge in [-0.05, 0) is 102 Å². The molecule has 0 spiro atoms. The first-order chi connectivity index (χ1) is 34.4. The Bertz CT molecular complexity index is 1580. The second-order valence-corrected chi connectivity index (χ2v) is 21.2. The van der Waals surface area contributed by atoms with E-state index in [0.717, 1.165) is 83.5 Å². The molecule has 10 heteroatoms. The van der Waals surface area contributed by atoms with E-state index in [1.165, 1.54) is 83.5 Å². The van der Waals surface area contributed by atoms with Crippen molar-refractivity contribution in [1.29, 1.82) is 0 Å². The quantitative estimate of drug-likeness (QED) is 0.0205. The number of carbonyl (C=O) groups is 2. The van der Waals surface area contributed by atoms with Crippen molar-refractivity contribution in [2.24, 2.45) is 0 Å². The highest BCUT2D eigenvalue weighted by molar-refractivity contribution is 7.47. The fourth-order valence-electron chi connectivity index (χ4n) is 7.35. The van der Waals surface area contributed by atoms with Crippen LogP contribution in [0.2, 0.25) is 0 Å². The molecule has 2 N–H and O–H groups in total. The van der Waals surface area contributed by atoms with Gasteiger partial charge in [0.25, 0.3) is 0 Å². The van der Waals surface area contributed by atoms with E-state index in [1.807, 2.05) is 39.4 Å². The zero-order chi connectivity index (χ0) is 52.2. The van der Waals surface area contributed by atoms with Crippen molar-refractivity contribution in [2.45, 2.75) is 226 Å². The fraction of sp³-hybridized carbons (Fsp3) is 0.672. The number of rotatable bonds is 49. The number of ether oxygens (including phenoxy) is 1. The molecular weight excluding hydrogens is 904 g/mol. The molecule has 9 nitrogen and oxygen atoms in total. The molecule has 0 fully saturated rings. The first-order valence-corrected chi connectivity index (χ1v) is 29.7. The van der Waals surface area contributed by atoms with Gasteiger partial charge in [-0.2, -0.15) is 0 Å². The van der Waals surface area contributed by atoms with Crippen molar-refractivity contribution in [3.05, 3.63) is 109 Å². The molecule has 0 aromatic rings. The zero-order valence-electron chi connectivity index (χ0n) is 46.2. The molecule has 0 rings (SSSR count). The first-order valence-electron chi connectivity index (χ1n) is 28.2. The molecule has 0 bridgehead atoms. The number of phosphoric acid groups is 1. The standard InChI is InChI=1S/C61H105N2O7P/c1-7-10-13-16-19-22-25-27-28-29-30-31-32-33-34-36-38-41-44-47-50-53-60(64)62-58(57-69-71(66,67)68-56-55-63(4,5)6)59(52-49-46-43-40-37-24-21-18-15-12-9-3)70-61(65)54-51-48-45-42-39-35-26-23-20-17-14-11-8-2/h10,13,19,22,27-28,30-31,33-35,38-39,41,45,48-49,52,58-59H,7-9,11-12,14-18,20-21,23-26,29,32,36-37,40,42-44,46-47,50-51,53-57H2,1-6H3,(H-,62,64,66,67)/p+1/b13-10-,22-19-,28-27-,31-30-,34-33-,39-35-,41-38-,48-45+,52-49-.